The highest BCUT2D eigenvalue weighted by Gasteiger charge is 2.32. The van der Waals surface area contributed by atoms with E-state index in [1.54, 1.807) is 13.8 Å². The number of nitrogens with one attached hydrogen (secondary N) is 4. The van der Waals surface area contributed by atoms with Gasteiger partial charge >= 0.3 is 5.97 Å². The molecule has 1 aliphatic rings. The molecule has 4 amide bonds. The normalized spacial score (nSPS) is 19.1. The van der Waals surface area contributed by atoms with Crippen molar-refractivity contribution in [3.8, 4) is 0 Å². The number of carboxylic acid groups (broad SMARTS) is 1. The molecule has 1 fully saturated rings. The van der Waals surface area contributed by atoms with Crippen LogP contribution < -0.4 is 27.0 Å². The molecule has 12 heteroatoms. The maximum atomic E-state index is 12.6. The van der Waals surface area contributed by atoms with Crippen LogP contribution in [0.3, 0.4) is 0 Å². The Hall–Kier alpha value is -2.73. The van der Waals surface area contributed by atoms with Crippen LogP contribution in [0, 0.1) is 5.92 Å². The number of hydrogen-bond acceptors (Lipinski definition) is 7. The van der Waals surface area contributed by atoms with Crippen molar-refractivity contribution in [2.75, 3.05) is 13.2 Å². The van der Waals surface area contributed by atoms with Gasteiger partial charge in [-0.25, -0.2) is 4.79 Å². The van der Waals surface area contributed by atoms with Crippen LogP contribution in [-0.2, 0) is 24.0 Å². The number of aliphatic hydroxyl groups is 1. The summed E-state index contributed by atoms with van der Waals surface area (Å²) in [6.07, 6.45) is 0.849. The predicted molar refractivity (Wildman–Crippen MR) is 100 cm³/mol. The van der Waals surface area contributed by atoms with Crippen LogP contribution in [0.2, 0.25) is 0 Å². The largest absolute Gasteiger partial charge is 0.480 e. The minimum Gasteiger partial charge on any atom is -0.480 e. The third-order valence-electron chi connectivity index (χ3n) is 4.46. The zero-order valence-corrected chi connectivity index (χ0v) is 16.4. The number of hydrogen-bond donors (Lipinski definition) is 7. The summed E-state index contributed by atoms with van der Waals surface area (Å²) in [6.45, 7) is 3.30. The minimum atomic E-state index is -1.60. The van der Waals surface area contributed by atoms with Crippen molar-refractivity contribution in [2.24, 2.45) is 11.7 Å². The maximum absolute atomic E-state index is 12.6. The van der Waals surface area contributed by atoms with Crippen molar-refractivity contribution in [2.45, 2.75) is 57.3 Å². The fourth-order valence-electron chi connectivity index (χ4n) is 2.83. The van der Waals surface area contributed by atoms with Crippen LogP contribution in [0.25, 0.3) is 0 Å². The summed E-state index contributed by atoms with van der Waals surface area (Å²) in [7, 11) is 0. The first-order chi connectivity index (χ1) is 13.6. The smallest absolute Gasteiger partial charge is 0.326 e. The molecule has 0 aromatic heterocycles. The zero-order valence-electron chi connectivity index (χ0n) is 16.4. The Balaban J connectivity index is 2.76. The van der Waals surface area contributed by atoms with Crippen molar-refractivity contribution in [3.05, 3.63) is 0 Å². The lowest BCUT2D eigenvalue weighted by Gasteiger charge is -2.26. The van der Waals surface area contributed by atoms with Gasteiger partial charge in [-0.05, 0) is 25.3 Å². The highest BCUT2D eigenvalue weighted by atomic mass is 16.4. The van der Waals surface area contributed by atoms with Crippen molar-refractivity contribution >= 4 is 29.6 Å². The first kappa shape index (κ1) is 24.3. The molecule has 1 aliphatic heterocycles. The summed E-state index contributed by atoms with van der Waals surface area (Å²) < 4.78 is 0. The van der Waals surface area contributed by atoms with E-state index in [1.165, 1.54) is 0 Å². The van der Waals surface area contributed by atoms with Crippen molar-refractivity contribution in [3.63, 3.8) is 0 Å². The van der Waals surface area contributed by atoms with Crippen molar-refractivity contribution < 1.29 is 34.2 Å². The number of carbonyl (C=O) groups excluding carboxylic acids is 4. The van der Waals surface area contributed by atoms with E-state index in [9.17, 15) is 29.1 Å². The van der Waals surface area contributed by atoms with Crippen LogP contribution in [0.4, 0.5) is 0 Å². The summed E-state index contributed by atoms with van der Waals surface area (Å²) in [5, 5.41) is 28.5. The van der Waals surface area contributed by atoms with Crippen molar-refractivity contribution in [1.29, 1.82) is 0 Å². The van der Waals surface area contributed by atoms with Gasteiger partial charge in [0.2, 0.25) is 23.6 Å². The van der Waals surface area contributed by atoms with E-state index < -0.39 is 60.9 Å². The monoisotopic (exact) mass is 415 g/mol. The summed E-state index contributed by atoms with van der Waals surface area (Å²) >= 11 is 0. The van der Waals surface area contributed by atoms with Gasteiger partial charge in [-0.1, -0.05) is 13.8 Å². The molecule has 29 heavy (non-hydrogen) atoms. The maximum Gasteiger partial charge on any atom is 0.326 e. The summed E-state index contributed by atoms with van der Waals surface area (Å²) in [5.74, 6) is -4.79. The Morgan fingerprint density at radius 3 is 2.14 bits per heavy atom. The number of primary amides is 1. The SMILES string of the molecule is CC(C)C(NC(=O)C1CCCN1)C(=O)NC(CO)C(=O)NC(CC(N)=O)C(=O)O. The lowest BCUT2D eigenvalue weighted by Crippen LogP contribution is -2.59. The lowest BCUT2D eigenvalue weighted by atomic mass is 10.0. The third kappa shape index (κ3) is 7.66. The first-order valence-corrected chi connectivity index (χ1v) is 9.33. The van der Waals surface area contributed by atoms with Crippen LogP contribution in [0.15, 0.2) is 0 Å². The second kappa shape index (κ2) is 11.3. The van der Waals surface area contributed by atoms with Gasteiger partial charge in [0.15, 0.2) is 0 Å². The van der Waals surface area contributed by atoms with E-state index in [4.69, 9.17) is 10.8 Å². The molecule has 0 bridgehead atoms. The number of amides is 4. The second-order valence-corrected chi connectivity index (χ2v) is 7.19. The van der Waals surface area contributed by atoms with E-state index in [0.29, 0.717) is 13.0 Å². The molecule has 1 saturated heterocycles. The fraction of sp³-hybridized carbons (Fsp3) is 0.706. The molecular weight excluding hydrogens is 386 g/mol. The van der Waals surface area contributed by atoms with Crippen LogP contribution in [0.1, 0.15) is 33.1 Å². The molecule has 0 aliphatic carbocycles. The van der Waals surface area contributed by atoms with Gasteiger partial charge < -0.3 is 37.2 Å². The van der Waals surface area contributed by atoms with E-state index in [-0.39, 0.29) is 11.8 Å². The number of nitrogens with two attached hydrogens (primary N) is 1. The van der Waals surface area contributed by atoms with Gasteiger partial charge in [-0.2, -0.15) is 0 Å². The van der Waals surface area contributed by atoms with Crippen LogP contribution in [-0.4, -0.2) is 77.1 Å². The summed E-state index contributed by atoms with van der Waals surface area (Å²) in [4.78, 5) is 59.1. The van der Waals surface area contributed by atoms with Crippen LogP contribution >= 0.6 is 0 Å². The molecule has 0 saturated carbocycles. The molecule has 8 N–H and O–H groups in total. The molecule has 0 aromatic rings. The van der Waals surface area contributed by atoms with Gasteiger partial charge in [0.25, 0.3) is 0 Å². The quantitative estimate of drug-likeness (QED) is 0.183. The van der Waals surface area contributed by atoms with E-state index in [1.807, 2.05) is 5.32 Å². The Labute approximate surface area is 168 Å². The molecule has 12 nitrogen and oxygen atoms in total. The number of carboxylic acids is 1. The van der Waals surface area contributed by atoms with Gasteiger partial charge in [0.1, 0.15) is 18.1 Å². The number of aliphatic hydroxyl groups excluding tert-OH is 1. The molecule has 0 aromatic carbocycles. The first-order valence-electron chi connectivity index (χ1n) is 9.33. The van der Waals surface area contributed by atoms with E-state index in [0.717, 1.165) is 6.42 Å². The molecular formula is C17H29N5O7. The van der Waals surface area contributed by atoms with E-state index in [2.05, 4.69) is 16.0 Å². The van der Waals surface area contributed by atoms with Crippen LogP contribution in [0.5, 0.6) is 0 Å². The summed E-state index contributed by atoms with van der Waals surface area (Å²) in [5.41, 5.74) is 4.95. The molecule has 0 radical (unpaired) electrons. The topological polar surface area (TPSA) is 200 Å². The van der Waals surface area contributed by atoms with Gasteiger partial charge in [-0.15, -0.1) is 0 Å². The Morgan fingerprint density at radius 2 is 1.69 bits per heavy atom. The molecule has 164 valence electrons. The highest BCUT2D eigenvalue weighted by molar-refractivity contribution is 5.95. The van der Waals surface area contributed by atoms with Gasteiger partial charge in [0.05, 0.1) is 19.1 Å². The average molecular weight is 415 g/mol. The Kier molecular flexibility index (Phi) is 9.48. The highest BCUT2D eigenvalue weighted by Crippen LogP contribution is 2.08. The zero-order chi connectivity index (χ0) is 22.1. The third-order valence-corrected chi connectivity index (χ3v) is 4.46. The van der Waals surface area contributed by atoms with Gasteiger partial charge in [-0.3, -0.25) is 19.2 Å². The molecule has 1 heterocycles. The number of carbonyl (C=O) groups is 5. The average Bonchev–Trinajstić information content (AvgIpc) is 3.17. The lowest BCUT2D eigenvalue weighted by molar-refractivity contribution is -0.144. The fourth-order valence-corrected chi connectivity index (χ4v) is 2.83. The van der Waals surface area contributed by atoms with E-state index >= 15 is 0 Å². The Morgan fingerprint density at radius 1 is 1.07 bits per heavy atom. The molecule has 4 atom stereocenters. The predicted octanol–water partition coefficient (Wildman–Crippen LogP) is -3.20. The Bertz CT molecular complexity index is 634. The van der Waals surface area contributed by atoms with Crippen molar-refractivity contribution in [1.82, 2.24) is 21.3 Å². The molecule has 1 rings (SSSR count). The van der Waals surface area contributed by atoms with Gasteiger partial charge in [0, 0.05) is 0 Å². The minimum absolute atomic E-state index is 0.315. The number of aliphatic carboxylic acids is 1. The standard InChI is InChI=1S/C17H29N5O7/c1-8(2)13(22-14(25)9-4-3-5-19-9)16(27)21-11(7-23)15(26)20-10(17(28)29)6-12(18)24/h8-11,13,19,23H,3-7H2,1-2H3,(H2,18,24)(H,20,26)(H,21,27)(H,22,25)(H,28,29). The molecule has 0 spiro atoms. The molecule has 4 unspecified atom stereocenters. The second-order valence-electron chi connectivity index (χ2n) is 7.19. The summed E-state index contributed by atoms with van der Waals surface area (Å²) in [6, 6.07) is -4.43. The number of rotatable bonds is 11.